The molecular formula is C17H27ClOS. The van der Waals surface area contributed by atoms with Gasteiger partial charge in [0.15, 0.2) is 0 Å². The van der Waals surface area contributed by atoms with Crippen molar-refractivity contribution in [1.29, 1.82) is 0 Å². The van der Waals surface area contributed by atoms with Gasteiger partial charge in [-0.15, -0.1) is 0 Å². The van der Waals surface area contributed by atoms with Crippen LogP contribution in [0.1, 0.15) is 51.7 Å². The van der Waals surface area contributed by atoms with E-state index in [1.807, 2.05) is 13.0 Å². The van der Waals surface area contributed by atoms with E-state index in [2.05, 4.69) is 53.3 Å². The third kappa shape index (κ3) is 4.60. The molecule has 1 nitrogen and oxygen atoms in total. The van der Waals surface area contributed by atoms with Crippen LogP contribution in [0.5, 0.6) is 5.75 Å². The molecule has 20 heavy (non-hydrogen) atoms. The van der Waals surface area contributed by atoms with Gasteiger partial charge in [0.1, 0.15) is 5.75 Å². The molecule has 0 fully saturated rings. The third-order valence-corrected chi connectivity index (χ3v) is 4.57. The molecule has 0 amide bonds. The summed E-state index contributed by atoms with van der Waals surface area (Å²) in [6.07, 6.45) is 0. The van der Waals surface area contributed by atoms with E-state index in [9.17, 15) is 0 Å². The van der Waals surface area contributed by atoms with Gasteiger partial charge in [-0.1, -0.05) is 46.2 Å². The Morgan fingerprint density at radius 2 is 1.85 bits per heavy atom. The molecule has 0 aliphatic heterocycles. The molecule has 0 aromatic heterocycles. The molecule has 0 saturated carbocycles. The van der Waals surface area contributed by atoms with Gasteiger partial charge in [-0.3, -0.25) is 0 Å². The number of aryl methyl sites for hydroxylation is 1. The second-order valence-corrected chi connectivity index (χ2v) is 7.62. The first-order valence-electron chi connectivity index (χ1n) is 7.20. The van der Waals surface area contributed by atoms with Crippen LogP contribution in [-0.2, 0) is 0 Å². The molecule has 114 valence electrons. The van der Waals surface area contributed by atoms with Crippen molar-refractivity contribution in [1.82, 2.24) is 0 Å². The number of rotatable bonds is 5. The number of halogens is 1. The van der Waals surface area contributed by atoms with Crippen molar-refractivity contribution < 1.29 is 4.74 Å². The van der Waals surface area contributed by atoms with E-state index in [4.69, 9.17) is 16.3 Å². The molecule has 1 aromatic rings. The SMILES string of the molecule is Cc1cc(Cl)c(C(C)C)cc1OCC(CS)C(C)(C)C. The zero-order valence-electron chi connectivity index (χ0n) is 13.5. The van der Waals surface area contributed by atoms with E-state index in [1.165, 1.54) is 0 Å². The van der Waals surface area contributed by atoms with Crippen LogP contribution in [0.2, 0.25) is 5.02 Å². The summed E-state index contributed by atoms with van der Waals surface area (Å²) in [5, 5.41) is 0.825. The first kappa shape index (κ1) is 17.7. The summed E-state index contributed by atoms with van der Waals surface area (Å²) in [6.45, 7) is 13.7. The highest BCUT2D eigenvalue weighted by Gasteiger charge is 2.24. The lowest BCUT2D eigenvalue weighted by atomic mass is 9.82. The molecule has 3 heteroatoms. The van der Waals surface area contributed by atoms with Crippen molar-refractivity contribution in [2.75, 3.05) is 12.4 Å². The molecular weight excluding hydrogens is 288 g/mol. The van der Waals surface area contributed by atoms with Gasteiger partial charge >= 0.3 is 0 Å². The molecule has 0 N–H and O–H groups in total. The number of ether oxygens (including phenoxy) is 1. The lowest BCUT2D eigenvalue weighted by Gasteiger charge is -2.29. The highest BCUT2D eigenvalue weighted by atomic mass is 35.5. The Hall–Kier alpha value is -0.340. The van der Waals surface area contributed by atoms with Gasteiger partial charge in [-0.25, -0.2) is 0 Å². The Balaban J connectivity index is 2.90. The van der Waals surface area contributed by atoms with E-state index in [0.717, 1.165) is 27.7 Å². The molecule has 0 saturated heterocycles. The van der Waals surface area contributed by atoms with E-state index >= 15 is 0 Å². The largest absolute Gasteiger partial charge is 0.493 e. The Morgan fingerprint density at radius 1 is 1.25 bits per heavy atom. The van der Waals surface area contributed by atoms with Crippen molar-refractivity contribution in [3.05, 3.63) is 28.3 Å². The summed E-state index contributed by atoms with van der Waals surface area (Å²) in [4.78, 5) is 0. The van der Waals surface area contributed by atoms with E-state index in [1.54, 1.807) is 0 Å². The van der Waals surface area contributed by atoms with Crippen molar-refractivity contribution in [3.8, 4) is 5.75 Å². The topological polar surface area (TPSA) is 9.23 Å². The summed E-state index contributed by atoms with van der Waals surface area (Å²) < 4.78 is 6.05. The van der Waals surface area contributed by atoms with Crippen LogP contribution in [0.3, 0.4) is 0 Å². The van der Waals surface area contributed by atoms with Crippen LogP contribution in [0.25, 0.3) is 0 Å². The molecule has 0 spiro atoms. The van der Waals surface area contributed by atoms with Crippen LogP contribution in [-0.4, -0.2) is 12.4 Å². The molecule has 1 atom stereocenters. The van der Waals surface area contributed by atoms with Gasteiger partial charge in [-0.05, 0) is 47.3 Å². The lowest BCUT2D eigenvalue weighted by Crippen LogP contribution is -2.28. The van der Waals surface area contributed by atoms with Gasteiger partial charge in [0.05, 0.1) is 6.61 Å². The fourth-order valence-electron chi connectivity index (χ4n) is 2.03. The molecule has 1 rings (SSSR count). The number of benzene rings is 1. The number of thiol groups is 1. The van der Waals surface area contributed by atoms with Crippen LogP contribution in [0.4, 0.5) is 0 Å². The first-order chi connectivity index (χ1) is 9.16. The standard InChI is InChI=1S/C17H27ClOS/c1-11(2)14-8-16(12(3)7-15(14)18)19-9-13(10-20)17(4,5)6/h7-8,11,13,20H,9-10H2,1-6H3. The smallest absolute Gasteiger partial charge is 0.122 e. The van der Waals surface area contributed by atoms with Crippen molar-refractivity contribution in [3.63, 3.8) is 0 Å². The Kier molecular flexibility index (Phi) is 6.27. The predicted octanol–water partition coefficient (Wildman–Crippen LogP) is 5.74. The molecule has 0 heterocycles. The summed E-state index contributed by atoms with van der Waals surface area (Å²) in [5.74, 6) is 2.58. The van der Waals surface area contributed by atoms with Gasteiger partial charge in [0.2, 0.25) is 0 Å². The molecule has 0 aliphatic rings. The highest BCUT2D eigenvalue weighted by molar-refractivity contribution is 7.80. The molecule has 1 aromatic carbocycles. The average molecular weight is 315 g/mol. The fraction of sp³-hybridized carbons (Fsp3) is 0.647. The van der Waals surface area contributed by atoms with Gasteiger partial charge in [0, 0.05) is 10.9 Å². The highest BCUT2D eigenvalue weighted by Crippen LogP contribution is 2.33. The zero-order valence-corrected chi connectivity index (χ0v) is 15.1. The summed E-state index contributed by atoms with van der Waals surface area (Å²) in [6, 6.07) is 4.08. The fourth-order valence-corrected chi connectivity index (χ4v) is 3.12. The number of hydrogen-bond acceptors (Lipinski definition) is 2. The molecule has 0 bridgehead atoms. The summed E-state index contributed by atoms with van der Waals surface area (Å²) in [7, 11) is 0. The summed E-state index contributed by atoms with van der Waals surface area (Å²) >= 11 is 10.7. The Labute approximate surface area is 134 Å². The molecule has 0 radical (unpaired) electrons. The maximum Gasteiger partial charge on any atom is 0.122 e. The minimum absolute atomic E-state index is 0.197. The van der Waals surface area contributed by atoms with Crippen LogP contribution >= 0.6 is 24.2 Å². The lowest BCUT2D eigenvalue weighted by molar-refractivity contribution is 0.164. The van der Waals surface area contributed by atoms with Crippen LogP contribution in [0, 0.1) is 18.3 Å². The molecule has 1 unspecified atom stereocenters. The van der Waals surface area contributed by atoms with E-state index in [0.29, 0.717) is 18.4 Å². The van der Waals surface area contributed by atoms with Gasteiger partial charge in [-0.2, -0.15) is 12.6 Å². The van der Waals surface area contributed by atoms with Crippen molar-refractivity contribution in [2.45, 2.75) is 47.5 Å². The summed E-state index contributed by atoms with van der Waals surface area (Å²) in [5.41, 5.74) is 2.43. The maximum absolute atomic E-state index is 6.29. The minimum atomic E-state index is 0.197. The van der Waals surface area contributed by atoms with Gasteiger partial charge in [0.25, 0.3) is 0 Å². The van der Waals surface area contributed by atoms with Crippen LogP contribution in [0.15, 0.2) is 12.1 Å². The van der Waals surface area contributed by atoms with Crippen LogP contribution < -0.4 is 4.74 Å². The van der Waals surface area contributed by atoms with Crippen molar-refractivity contribution >= 4 is 24.2 Å². The minimum Gasteiger partial charge on any atom is -0.493 e. The quantitative estimate of drug-likeness (QED) is 0.681. The number of hydrogen-bond donors (Lipinski definition) is 1. The van der Waals surface area contributed by atoms with E-state index < -0.39 is 0 Å². The second kappa shape index (κ2) is 7.09. The predicted molar refractivity (Wildman–Crippen MR) is 92.6 cm³/mol. The normalized spacial score (nSPS) is 13.7. The second-order valence-electron chi connectivity index (χ2n) is 6.85. The first-order valence-corrected chi connectivity index (χ1v) is 8.21. The Bertz CT molecular complexity index is 449. The van der Waals surface area contributed by atoms with Gasteiger partial charge < -0.3 is 4.74 Å². The maximum atomic E-state index is 6.29. The van der Waals surface area contributed by atoms with E-state index in [-0.39, 0.29) is 5.41 Å². The Morgan fingerprint density at radius 3 is 2.30 bits per heavy atom. The monoisotopic (exact) mass is 314 g/mol. The molecule has 0 aliphatic carbocycles. The van der Waals surface area contributed by atoms with Crippen molar-refractivity contribution in [2.24, 2.45) is 11.3 Å². The average Bonchev–Trinajstić information content (AvgIpc) is 2.30. The zero-order chi connectivity index (χ0) is 15.5. The third-order valence-electron chi connectivity index (χ3n) is 3.80.